The number of aliphatic hydroxyl groups excluding tert-OH is 1. The number of ketones is 1. The third-order valence-corrected chi connectivity index (χ3v) is 15.4. The molecule has 0 radical (unpaired) electrons. The molecule has 1 heterocycles. The summed E-state index contributed by atoms with van der Waals surface area (Å²) in [6.07, 6.45) is 13.6. The molecule has 8 rings (SSSR count). The molecule has 2 spiro atoms. The number of hydrogen-bond donors (Lipinski definition) is 2. The zero-order chi connectivity index (χ0) is 30.6. The number of benzene rings is 1. The van der Waals surface area contributed by atoms with Crippen molar-refractivity contribution in [2.75, 3.05) is 19.3 Å². The lowest BCUT2D eigenvalue weighted by atomic mass is 9.32. The molecule has 232 valence electrons. The zero-order valence-electron chi connectivity index (χ0n) is 25.8. The minimum atomic E-state index is -3.49. The lowest BCUT2D eigenvalue weighted by Crippen LogP contribution is -2.67. The van der Waals surface area contributed by atoms with Gasteiger partial charge in [0, 0.05) is 39.6 Å². The van der Waals surface area contributed by atoms with Crippen molar-refractivity contribution in [3.05, 3.63) is 59.0 Å². The first-order valence-corrected chi connectivity index (χ1v) is 18.7. The predicted octanol–water partition coefficient (Wildman–Crippen LogP) is 6.35. The van der Waals surface area contributed by atoms with E-state index in [1.165, 1.54) is 10.6 Å². The monoisotopic (exact) mass is 623 g/mol. The second-order valence-corrected chi connectivity index (χ2v) is 18.0. The quantitative estimate of drug-likeness (QED) is 0.277. The van der Waals surface area contributed by atoms with E-state index in [1.807, 2.05) is 25.1 Å². The molecule has 0 aliphatic heterocycles. The zero-order valence-corrected chi connectivity index (χ0v) is 27.4. The fourth-order valence-corrected chi connectivity index (χ4v) is 12.7. The maximum Gasteiger partial charge on any atom is 0.211 e. The van der Waals surface area contributed by atoms with Crippen LogP contribution in [0.2, 0.25) is 0 Å². The van der Waals surface area contributed by atoms with E-state index in [0.717, 1.165) is 52.6 Å². The van der Waals surface area contributed by atoms with Crippen LogP contribution in [-0.2, 0) is 10.0 Å². The van der Waals surface area contributed by atoms with Crippen molar-refractivity contribution < 1.29 is 23.4 Å². The van der Waals surface area contributed by atoms with Gasteiger partial charge in [-0.05, 0) is 86.1 Å². The smallest absolute Gasteiger partial charge is 0.211 e. The van der Waals surface area contributed by atoms with Crippen LogP contribution in [0, 0.1) is 33.5 Å². The van der Waals surface area contributed by atoms with Crippen LogP contribution in [0.15, 0.2) is 54.1 Å². The summed E-state index contributed by atoms with van der Waals surface area (Å²) in [4.78, 5) is 15.5. The molecule has 3 fully saturated rings. The lowest BCUT2D eigenvalue weighted by molar-refractivity contribution is -0.173. The van der Waals surface area contributed by atoms with E-state index in [-0.39, 0.29) is 35.0 Å². The molecule has 8 atom stereocenters. The summed E-state index contributed by atoms with van der Waals surface area (Å²) in [5.74, 6) is 0.271. The number of carbonyl (C=O) groups is 1. The normalized spacial score (nSPS) is 41.7. The van der Waals surface area contributed by atoms with Crippen LogP contribution in [0.25, 0.3) is 10.1 Å². The van der Waals surface area contributed by atoms with E-state index >= 15 is 0 Å². The Bertz CT molecular complexity index is 1630. The number of rotatable bonds is 7. The predicted molar refractivity (Wildman–Crippen MR) is 171 cm³/mol. The summed E-state index contributed by atoms with van der Waals surface area (Å²) >= 11 is 1.54. The van der Waals surface area contributed by atoms with Crippen LogP contribution in [0.5, 0.6) is 0 Å². The third kappa shape index (κ3) is 3.92. The molecule has 0 saturated heterocycles. The highest BCUT2D eigenvalue weighted by Crippen LogP contribution is 2.78. The standard InChI is InChI=1S/C35H45NO5S2/c1-5-18-36(43(4,40)41)22-34(39)15-12-29-32(34,3)14-11-28-31(2)13-10-24(37)20-33(31)16-17-35(28,29)25(21-33)30(38)27-19-23-8-6-7-9-26(23)42-27/h6-9,16-17,19,21,24,28-29,37,39H,5,10-15,18,20,22H2,1-4H3. The summed E-state index contributed by atoms with van der Waals surface area (Å²) in [6, 6.07) is 10.1. The van der Waals surface area contributed by atoms with Crippen LogP contribution in [0.3, 0.4) is 0 Å². The number of allylic oxidation sites excluding steroid dienone is 4. The first-order valence-electron chi connectivity index (χ1n) is 16.1. The average molecular weight is 624 g/mol. The molecule has 0 amide bonds. The highest BCUT2D eigenvalue weighted by Gasteiger charge is 2.74. The van der Waals surface area contributed by atoms with Crippen LogP contribution >= 0.6 is 11.3 Å². The van der Waals surface area contributed by atoms with Crippen molar-refractivity contribution in [1.82, 2.24) is 4.31 Å². The van der Waals surface area contributed by atoms with E-state index in [4.69, 9.17) is 0 Å². The number of sulfonamides is 1. The lowest BCUT2D eigenvalue weighted by Gasteiger charge is -2.71. The first-order chi connectivity index (χ1) is 20.2. The minimum absolute atomic E-state index is 0.00501. The molecule has 2 bridgehead atoms. The Morgan fingerprint density at radius 2 is 1.74 bits per heavy atom. The van der Waals surface area contributed by atoms with E-state index in [9.17, 15) is 23.4 Å². The van der Waals surface area contributed by atoms with Gasteiger partial charge >= 0.3 is 0 Å². The van der Waals surface area contributed by atoms with Gasteiger partial charge in [0.05, 0.1) is 22.8 Å². The number of carbonyl (C=O) groups excluding carboxylic acids is 1. The van der Waals surface area contributed by atoms with Gasteiger partial charge in [-0.2, -0.15) is 4.31 Å². The summed E-state index contributed by atoms with van der Waals surface area (Å²) in [5, 5.41) is 24.5. The number of nitrogens with zero attached hydrogens (tertiary/aromatic N) is 1. The third-order valence-electron chi connectivity index (χ3n) is 13.0. The molecule has 6 aliphatic carbocycles. The Morgan fingerprint density at radius 1 is 1.05 bits per heavy atom. The molecule has 6 nitrogen and oxygen atoms in total. The second-order valence-electron chi connectivity index (χ2n) is 14.9. The Hall–Kier alpha value is -1.84. The summed E-state index contributed by atoms with van der Waals surface area (Å²) < 4.78 is 28.2. The van der Waals surface area contributed by atoms with Gasteiger partial charge in [0.1, 0.15) is 0 Å². The fourth-order valence-electron chi connectivity index (χ4n) is 10.7. The molecule has 6 aliphatic rings. The molecule has 43 heavy (non-hydrogen) atoms. The molecule has 1 aromatic carbocycles. The van der Waals surface area contributed by atoms with Crippen LogP contribution in [0.4, 0.5) is 0 Å². The summed E-state index contributed by atoms with van der Waals surface area (Å²) in [7, 11) is -3.49. The molecule has 3 saturated carbocycles. The van der Waals surface area contributed by atoms with Crippen LogP contribution in [-0.4, -0.2) is 59.8 Å². The number of Topliss-reactive ketones (excluding diaryl/α,β-unsaturated/α-hetero) is 1. The highest BCUT2D eigenvalue weighted by atomic mass is 32.2. The second kappa shape index (κ2) is 9.58. The Kier molecular flexibility index (Phi) is 6.65. The minimum Gasteiger partial charge on any atom is -0.393 e. The molecule has 2 aromatic rings. The fraction of sp³-hybridized carbons (Fsp3) is 0.629. The molecule has 8 unspecified atom stereocenters. The van der Waals surface area contributed by atoms with E-state index < -0.39 is 32.6 Å². The topological polar surface area (TPSA) is 94.9 Å². The number of hydrogen-bond acceptors (Lipinski definition) is 6. The van der Waals surface area contributed by atoms with Gasteiger partial charge in [-0.3, -0.25) is 4.79 Å². The summed E-state index contributed by atoms with van der Waals surface area (Å²) in [6.45, 7) is 6.99. The number of aliphatic hydroxyl groups is 2. The average Bonchev–Trinajstić information content (AvgIpc) is 3.50. The summed E-state index contributed by atoms with van der Waals surface area (Å²) in [5.41, 5.74) is -1.95. The molecule has 2 N–H and O–H groups in total. The van der Waals surface area contributed by atoms with E-state index in [0.29, 0.717) is 25.8 Å². The number of thiophene rings is 1. The first kappa shape index (κ1) is 29.8. The van der Waals surface area contributed by atoms with Gasteiger partial charge in [-0.1, -0.05) is 57.2 Å². The van der Waals surface area contributed by atoms with Crippen molar-refractivity contribution in [2.45, 2.75) is 83.8 Å². The van der Waals surface area contributed by atoms with Crippen molar-refractivity contribution in [1.29, 1.82) is 0 Å². The van der Waals surface area contributed by atoms with Crippen molar-refractivity contribution >= 4 is 37.2 Å². The van der Waals surface area contributed by atoms with Crippen molar-refractivity contribution in [3.8, 4) is 0 Å². The van der Waals surface area contributed by atoms with Gasteiger partial charge in [0.15, 0.2) is 5.78 Å². The molecule has 8 heteroatoms. The van der Waals surface area contributed by atoms with Gasteiger partial charge in [0.25, 0.3) is 0 Å². The van der Waals surface area contributed by atoms with Crippen LogP contribution in [0.1, 0.15) is 81.8 Å². The highest BCUT2D eigenvalue weighted by molar-refractivity contribution is 7.88. The van der Waals surface area contributed by atoms with Gasteiger partial charge in [-0.25, -0.2) is 8.42 Å². The Labute approximate surface area is 259 Å². The maximum atomic E-state index is 14.8. The largest absolute Gasteiger partial charge is 0.393 e. The van der Waals surface area contributed by atoms with E-state index in [2.05, 4.69) is 44.2 Å². The number of fused-ring (bicyclic) bond motifs is 2. The van der Waals surface area contributed by atoms with Crippen molar-refractivity contribution in [3.63, 3.8) is 0 Å². The van der Waals surface area contributed by atoms with Gasteiger partial charge in [-0.15, -0.1) is 11.3 Å². The molecule has 1 aromatic heterocycles. The van der Waals surface area contributed by atoms with E-state index in [1.54, 1.807) is 11.3 Å². The molecular formula is C35H45NO5S2. The SMILES string of the molecule is CCCN(CC1(O)CCC2C34C=CC5(C=C3C(=O)c3cc6ccccc6s3)CC(O)CCC5(C)C4CCC21C)S(C)(=O)=O. The van der Waals surface area contributed by atoms with Gasteiger partial charge < -0.3 is 10.2 Å². The Balaban J connectivity index is 1.38. The molecular weight excluding hydrogens is 579 g/mol. The maximum absolute atomic E-state index is 14.8. The van der Waals surface area contributed by atoms with Crippen LogP contribution < -0.4 is 0 Å². The van der Waals surface area contributed by atoms with Crippen molar-refractivity contribution in [2.24, 2.45) is 33.5 Å². The Morgan fingerprint density at radius 3 is 2.47 bits per heavy atom. The van der Waals surface area contributed by atoms with Gasteiger partial charge in [0.2, 0.25) is 10.0 Å².